The number of halogens is 1. The summed E-state index contributed by atoms with van der Waals surface area (Å²) in [5.74, 6) is 0.942. The van der Waals surface area contributed by atoms with Crippen LogP contribution >= 0.6 is 15.9 Å². The van der Waals surface area contributed by atoms with Gasteiger partial charge in [0, 0.05) is 28.8 Å². The molecule has 0 spiro atoms. The molecule has 2 N–H and O–H groups in total. The Balaban J connectivity index is 1.82. The van der Waals surface area contributed by atoms with Gasteiger partial charge in [0.25, 0.3) is 0 Å². The van der Waals surface area contributed by atoms with Crippen LogP contribution in [0.3, 0.4) is 0 Å². The van der Waals surface area contributed by atoms with E-state index < -0.39 is 0 Å². The maximum atomic E-state index is 5.96. The van der Waals surface area contributed by atoms with E-state index in [-0.39, 0.29) is 6.04 Å². The minimum absolute atomic E-state index is 0.0891. The van der Waals surface area contributed by atoms with Gasteiger partial charge in [0.05, 0.1) is 0 Å². The van der Waals surface area contributed by atoms with E-state index in [1.165, 1.54) is 43.5 Å². The lowest BCUT2D eigenvalue weighted by Gasteiger charge is -2.25. The van der Waals surface area contributed by atoms with Crippen LogP contribution in [0.4, 0.5) is 5.69 Å². The van der Waals surface area contributed by atoms with E-state index in [4.69, 9.17) is 5.73 Å². The molecule has 0 unspecified atom stereocenters. The molecule has 0 bridgehead atoms. The van der Waals surface area contributed by atoms with Gasteiger partial charge in [-0.05, 0) is 56.2 Å². The van der Waals surface area contributed by atoms with Crippen molar-refractivity contribution in [2.75, 3.05) is 11.4 Å². The van der Waals surface area contributed by atoms with Crippen molar-refractivity contribution < 1.29 is 0 Å². The summed E-state index contributed by atoms with van der Waals surface area (Å²) in [6.45, 7) is 3.28. The van der Waals surface area contributed by atoms with Gasteiger partial charge >= 0.3 is 0 Å². The van der Waals surface area contributed by atoms with Crippen LogP contribution in [0.2, 0.25) is 0 Å². The Morgan fingerprint density at radius 1 is 1.33 bits per heavy atom. The Bertz CT molecular complexity index is 436. The van der Waals surface area contributed by atoms with Crippen LogP contribution in [-0.2, 0) is 0 Å². The minimum Gasteiger partial charge on any atom is -0.368 e. The lowest BCUT2D eigenvalue weighted by Crippen LogP contribution is -2.28. The van der Waals surface area contributed by atoms with Crippen molar-refractivity contribution >= 4 is 21.6 Å². The molecular weight excluding hydrogens is 288 g/mol. The lowest BCUT2D eigenvalue weighted by molar-refractivity contribution is 0.717. The molecule has 1 atom stereocenters. The quantitative estimate of drug-likeness (QED) is 0.895. The first-order chi connectivity index (χ1) is 8.65. The molecule has 0 saturated heterocycles. The van der Waals surface area contributed by atoms with Gasteiger partial charge in [-0.25, -0.2) is 0 Å². The molecule has 2 fully saturated rings. The monoisotopic (exact) mass is 308 g/mol. The molecule has 2 aliphatic rings. The maximum absolute atomic E-state index is 5.96. The Morgan fingerprint density at radius 3 is 2.56 bits per heavy atom. The number of hydrogen-bond donors (Lipinski definition) is 1. The number of anilines is 1. The zero-order chi connectivity index (χ0) is 12.7. The zero-order valence-corrected chi connectivity index (χ0v) is 12.5. The van der Waals surface area contributed by atoms with E-state index >= 15 is 0 Å². The highest BCUT2D eigenvalue weighted by Crippen LogP contribution is 2.39. The summed E-state index contributed by atoms with van der Waals surface area (Å²) in [5.41, 5.74) is 8.52. The molecule has 0 heterocycles. The lowest BCUT2D eigenvalue weighted by atomic mass is 10.1. The molecule has 1 aromatic carbocycles. The van der Waals surface area contributed by atoms with Gasteiger partial charge < -0.3 is 10.6 Å². The second kappa shape index (κ2) is 4.86. The van der Waals surface area contributed by atoms with Gasteiger partial charge in [0.1, 0.15) is 0 Å². The van der Waals surface area contributed by atoms with Crippen LogP contribution in [0.25, 0.3) is 0 Å². The molecule has 3 rings (SSSR count). The first-order valence-corrected chi connectivity index (χ1v) is 7.76. The standard InChI is InChI=1S/C15H21BrN2/c1-10(17)14-7-6-13(8-15(14)16)18(12-4-5-12)9-11-2-3-11/h6-8,10-12H,2-5,9,17H2,1H3/t10-/m1/s1. The van der Waals surface area contributed by atoms with E-state index in [1.807, 2.05) is 6.92 Å². The van der Waals surface area contributed by atoms with Crippen LogP contribution in [0, 0.1) is 5.92 Å². The summed E-state index contributed by atoms with van der Waals surface area (Å²) < 4.78 is 1.15. The molecule has 2 saturated carbocycles. The third-order valence-electron chi connectivity index (χ3n) is 3.95. The van der Waals surface area contributed by atoms with Crippen LogP contribution in [-0.4, -0.2) is 12.6 Å². The van der Waals surface area contributed by atoms with Gasteiger partial charge in [0.15, 0.2) is 0 Å². The molecule has 2 nitrogen and oxygen atoms in total. The molecule has 0 aromatic heterocycles. The first kappa shape index (κ1) is 12.5. The fourth-order valence-corrected chi connectivity index (χ4v) is 3.22. The predicted molar refractivity (Wildman–Crippen MR) is 79.8 cm³/mol. The fraction of sp³-hybridized carbons (Fsp3) is 0.600. The summed E-state index contributed by atoms with van der Waals surface area (Å²) in [4.78, 5) is 2.60. The third kappa shape index (κ3) is 2.72. The highest BCUT2D eigenvalue weighted by molar-refractivity contribution is 9.10. The summed E-state index contributed by atoms with van der Waals surface area (Å²) in [7, 11) is 0. The number of hydrogen-bond acceptors (Lipinski definition) is 2. The fourth-order valence-electron chi connectivity index (χ4n) is 2.49. The largest absolute Gasteiger partial charge is 0.368 e. The third-order valence-corrected chi connectivity index (χ3v) is 4.63. The highest BCUT2D eigenvalue weighted by atomic mass is 79.9. The number of nitrogens with zero attached hydrogens (tertiary/aromatic N) is 1. The van der Waals surface area contributed by atoms with Crippen molar-refractivity contribution in [3.63, 3.8) is 0 Å². The van der Waals surface area contributed by atoms with E-state index in [9.17, 15) is 0 Å². The molecule has 0 aliphatic heterocycles. The van der Waals surface area contributed by atoms with Gasteiger partial charge in [-0.1, -0.05) is 22.0 Å². The van der Waals surface area contributed by atoms with Crippen molar-refractivity contribution in [2.45, 2.75) is 44.7 Å². The second-order valence-corrected chi connectivity index (χ2v) is 6.68. The van der Waals surface area contributed by atoms with E-state index in [2.05, 4.69) is 39.0 Å². The van der Waals surface area contributed by atoms with Crippen molar-refractivity contribution in [1.82, 2.24) is 0 Å². The van der Waals surface area contributed by atoms with Crippen molar-refractivity contribution in [2.24, 2.45) is 11.7 Å². The van der Waals surface area contributed by atoms with Crippen LogP contribution < -0.4 is 10.6 Å². The van der Waals surface area contributed by atoms with Gasteiger partial charge in [-0.2, -0.15) is 0 Å². The second-order valence-electron chi connectivity index (χ2n) is 5.82. The van der Waals surface area contributed by atoms with Gasteiger partial charge in [-0.3, -0.25) is 0 Å². The molecule has 3 heteroatoms. The van der Waals surface area contributed by atoms with Crippen molar-refractivity contribution in [1.29, 1.82) is 0 Å². The summed E-state index contributed by atoms with van der Waals surface area (Å²) in [5, 5.41) is 0. The van der Waals surface area contributed by atoms with Crippen LogP contribution in [0.1, 0.15) is 44.2 Å². The zero-order valence-electron chi connectivity index (χ0n) is 10.9. The average Bonchev–Trinajstić information content (AvgIpc) is 3.18. The number of nitrogens with two attached hydrogens (primary N) is 1. The normalized spacial score (nSPS) is 20.8. The van der Waals surface area contributed by atoms with Crippen LogP contribution in [0.5, 0.6) is 0 Å². The Kier molecular flexibility index (Phi) is 3.37. The van der Waals surface area contributed by atoms with Gasteiger partial charge in [-0.15, -0.1) is 0 Å². The average molecular weight is 309 g/mol. The molecule has 0 radical (unpaired) electrons. The van der Waals surface area contributed by atoms with Gasteiger partial charge in [0.2, 0.25) is 0 Å². The van der Waals surface area contributed by atoms with Crippen molar-refractivity contribution in [3.05, 3.63) is 28.2 Å². The molecule has 18 heavy (non-hydrogen) atoms. The Labute approximate surface area is 118 Å². The molecule has 1 aromatic rings. The predicted octanol–water partition coefficient (Wildman–Crippen LogP) is 3.85. The van der Waals surface area contributed by atoms with Crippen LogP contribution in [0.15, 0.2) is 22.7 Å². The summed E-state index contributed by atoms with van der Waals surface area (Å²) in [6.07, 6.45) is 5.56. The van der Waals surface area contributed by atoms with E-state index in [1.54, 1.807) is 0 Å². The van der Waals surface area contributed by atoms with Crippen molar-refractivity contribution in [3.8, 4) is 0 Å². The van der Waals surface area contributed by atoms with E-state index in [0.717, 1.165) is 16.4 Å². The minimum atomic E-state index is 0.0891. The Hall–Kier alpha value is -0.540. The molecular formula is C15H21BrN2. The molecule has 0 amide bonds. The smallest absolute Gasteiger partial charge is 0.0380 e. The SMILES string of the molecule is C[C@@H](N)c1ccc(N(CC2CC2)C2CC2)cc1Br. The van der Waals surface area contributed by atoms with E-state index in [0.29, 0.717) is 0 Å². The number of benzene rings is 1. The Morgan fingerprint density at radius 2 is 2.06 bits per heavy atom. The summed E-state index contributed by atoms with van der Waals surface area (Å²) in [6, 6.07) is 7.54. The summed E-state index contributed by atoms with van der Waals surface area (Å²) >= 11 is 3.66. The molecule has 2 aliphatic carbocycles. The number of rotatable bonds is 5. The topological polar surface area (TPSA) is 29.3 Å². The molecule has 98 valence electrons. The maximum Gasteiger partial charge on any atom is 0.0380 e. The first-order valence-electron chi connectivity index (χ1n) is 6.97. The highest BCUT2D eigenvalue weighted by Gasteiger charge is 2.33.